The summed E-state index contributed by atoms with van der Waals surface area (Å²) in [7, 11) is 0. The van der Waals surface area contributed by atoms with Gasteiger partial charge in [0, 0.05) is 10.8 Å². The molecule has 0 aliphatic heterocycles. The molecule has 1 heterocycles. The van der Waals surface area contributed by atoms with E-state index in [2.05, 4.69) is 68.3 Å². The lowest BCUT2D eigenvalue weighted by Gasteiger charge is -2.33. The number of thiophene rings is 1. The number of rotatable bonds is 2. The number of fused-ring (bicyclic) bond motifs is 1. The van der Waals surface area contributed by atoms with Crippen molar-refractivity contribution in [2.75, 3.05) is 0 Å². The number of hydrogen-bond acceptors (Lipinski definition) is 1. The Bertz CT molecular complexity index is 518. The molecule has 16 heavy (non-hydrogen) atoms. The summed E-state index contributed by atoms with van der Waals surface area (Å²) in [4.78, 5) is 1.87. The first-order valence-corrected chi connectivity index (χ1v) is 7.75. The molecule has 0 fully saturated rings. The largest absolute Gasteiger partial charge is 0.132 e. The molecule has 2 aromatic rings. The van der Waals surface area contributed by atoms with Crippen molar-refractivity contribution in [3.05, 3.63) is 56.2 Å². The molecule has 0 bridgehead atoms. The quantitative estimate of drug-likeness (QED) is 0.641. The zero-order chi connectivity index (χ0) is 11.1. The Balaban J connectivity index is 1.87. The fraction of sp³-hybridized carbons (Fsp3) is 0.231. The first kappa shape index (κ1) is 11.0. The van der Waals surface area contributed by atoms with Gasteiger partial charge in [0.05, 0.1) is 8.61 Å². The molecule has 1 aromatic heterocycles. The van der Waals surface area contributed by atoms with Gasteiger partial charge < -0.3 is 0 Å². The third-order valence-electron chi connectivity index (χ3n) is 3.11. The van der Waals surface area contributed by atoms with Gasteiger partial charge in [0.25, 0.3) is 0 Å². The Hall–Kier alpha value is -0.120. The molecule has 0 saturated carbocycles. The molecule has 82 valence electrons. The highest BCUT2D eigenvalue weighted by Gasteiger charge is 2.32. The molecule has 0 nitrogen and oxygen atoms in total. The molecule has 0 amide bonds. The molecule has 3 rings (SSSR count). The summed E-state index contributed by atoms with van der Waals surface area (Å²) in [6.07, 6.45) is 1.20. The molecule has 1 aromatic carbocycles. The molecule has 0 radical (unpaired) electrons. The van der Waals surface area contributed by atoms with Crippen LogP contribution >= 0.6 is 43.2 Å². The highest BCUT2D eigenvalue weighted by Crippen LogP contribution is 2.49. The second-order valence-electron chi connectivity index (χ2n) is 4.05. The van der Waals surface area contributed by atoms with Gasteiger partial charge in [0.2, 0.25) is 0 Å². The Morgan fingerprint density at radius 2 is 2.00 bits per heavy atom. The summed E-state index contributed by atoms with van der Waals surface area (Å²) in [6.45, 7) is 0. The fourth-order valence-electron chi connectivity index (χ4n) is 2.23. The topological polar surface area (TPSA) is 0 Å². The summed E-state index contributed by atoms with van der Waals surface area (Å²) < 4.78 is 1.21. The van der Waals surface area contributed by atoms with Crippen LogP contribution in [-0.4, -0.2) is 0 Å². The van der Waals surface area contributed by atoms with Gasteiger partial charge in [-0.25, -0.2) is 0 Å². The zero-order valence-electron chi connectivity index (χ0n) is 8.49. The molecule has 2 unspecified atom stereocenters. The minimum Gasteiger partial charge on any atom is -0.132 e. The summed E-state index contributed by atoms with van der Waals surface area (Å²) in [5, 5.41) is 0. The lowest BCUT2D eigenvalue weighted by atomic mass is 9.75. The highest BCUT2D eigenvalue weighted by molar-refractivity contribution is 9.11. The lowest BCUT2D eigenvalue weighted by molar-refractivity contribution is 0.605. The summed E-state index contributed by atoms with van der Waals surface area (Å²) >= 11 is 9.17. The lowest BCUT2D eigenvalue weighted by Crippen LogP contribution is -2.20. The van der Waals surface area contributed by atoms with Gasteiger partial charge in [-0.3, -0.25) is 0 Å². The maximum Gasteiger partial charge on any atom is 0.0701 e. The van der Waals surface area contributed by atoms with Crippen LogP contribution < -0.4 is 0 Å². The molecule has 3 heteroatoms. The third-order valence-corrected chi connectivity index (χ3v) is 6.25. The number of benzene rings is 1. The van der Waals surface area contributed by atoms with Gasteiger partial charge in [-0.2, -0.15) is 0 Å². The van der Waals surface area contributed by atoms with Gasteiger partial charge in [-0.1, -0.05) is 40.2 Å². The Morgan fingerprint density at radius 3 is 2.69 bits per heavy atom. The summed E-state index contributed by atoms with van der Waals surface area (Å²) in [5.74, 6) is 0.641. The monoisotopic (exact) mass is 356 g/mol. The van der Waals surface area contributed by atoms with Crippen LogP contribution in [-0.2, 0) is 6.42 Å². The van der Waals surface area contributed by atoms with Crippen LogP contribution in [0.15, 0.2) is 40.2 Å². The van der Waals surface area contributed by atoms with Crippen molar-refractivity contribution in [2.45, 2.75) is 17.2 Å². The van der Waals surface area contributed by atoms with Gasteiger partial charge in [0.1, 0.15) is 0 Å². The van der Waals surface area contributed by atoms with E-state index in [0.717, 1.165) is 0 Å². The molecule has 0 saturated heterocycles. The number of halogens is 2. The van der Waals surface area contributed by atoms with Crippen LogP contribution in [0, 0.1) is 0 Å². The first-order valence-electron chi connectivity index (χ1n) is 5.23. The van der Waals surface area contributed by atoms with Crippen LogP contribution in [0.4, 0.5) is 0 Å². The first-order chi connectivity index (χ1) is 7.75. The van der Waals surface area contributed by atoms with Crippen molar-refractivity contribution >= 4 is 43.2 Å². The standard InChI is InChI=1S/C13H10Br2S/c14-12-6-5-11(16-12)13(15)10-7-8-3-1-2-4-9(8)10/h1-6,10,13H,7H2. The molecule has 0 N–H and O–H groups in total. The van der Waals surface area contributed by atoms with E-state index in [4.69, 9.17) is 0 Å². The fourth-order valence-corrected chi connectivity index (χ4v) is 4.61. The van der Waals surface area contributed by atoms with E-state index in [1.54, 1.807) is 0 Å². The van der Waals surface area contributed by atoms with Gasteiger partial charge >= 0.3 is 0 Å². The number of hydrogen-bond donors (Lipinski definition) is 0. The minimum absolute atomic E-state index is 0.457. The molecule has 2 atom stereocenters. The molecule has 1 aliphatic carbocycles. The van der Waals surface area contributed by atoms with Crippen molar-refractivity contribution in [3.63, 3.8) is 0 Å². The minimum atomic E-state index is 0.457. The van der Waals surface area contributed by atoms with E-state index >= 15 is 0 Å². The van der Waals surface area contributed by atoms with Crippen LogP contribution in [0.5, 0.6) is 0 Å². The van der Waals surface area contributed by atoms with E-state index < -0.39 is 0 Å². The second kappa shape index (κ2) is 4.28. The summed E-state index contributed by atoms with van der Waals surface area (Å²) in [6, 6.07) is 13.1. The molecule has 0 spiro atoms. The van der Waals surface area contributed by atoms with Crippen molar-refractivity contribution in [1.29, 1.82) is 0 Å². The van der Waals surface area contributed by atoms with Gasteiger partial charge in [0.15, 0.2) is 0 Å². The number of alkyl halides is 1. The average Bonchev–Trinajstić information content (AvgIpc) is 2.67. The SMILES string of the molecule is Brc1ccc(C(Br)C2Cc3ccccc32)s1. The van der Waals surface area contributed by atoms with Crippen molar-refractivity contribution in [1.82, 2.24) is 0 Å². The summed E-state index contributed by atoms with van der Waals surface area (Å²) in [5.41, 5.74) is 3.02. The van der Waals surface area contributed by atoms with E-state index in [-0.39, 0.29) is 0 Å². The Labute approximate surface area is 116 Å². The highest BCUT2D eigenvalue weighted by atomic mass is 79.9. The van der Waals surface area contributed by atoms with Crippen LogP contribution in [0.2, 0.25) is 0 Å². The normalized spacial score (nSPS) is 20.0. The second-order valence-corrected chi connectivity index (χ2v) is 7.53. The maximum absolute atomic E-state index is 3.84. The van der Waals surface area contributed by atoms with E-state index in [9.17, 15) is 0 Å². The van der Waals surface area contributed by atoms with E-state index in [1.165, 1.54) is 26.2 Å². The maximum atomic E-state index is 3.84. The third kappa shape index (κ3) is 1.79. The molecular formula is C13H10Br2S. The Morgan fingerprint density at radius 1 is 1.19 bits per heavy atom. The van der Waals surface area contributed by atoms with Crippen LogP contribution in [0.3, 0.4) is 0 Å². The molecule has 1 aliphatic rings. The predicted molar refractivity (Wildman–Crippen MR) is 76.6 cm³/mol. The van der Waals surface area contributed by atoms with Gasteiger partial charge in [-0.05, 0) is 45.6 Å². The van der Waals surface area contributed by atoms with E-state index in [1.807, 2.05) is 11.3 Å². The zero-order valence-corrected chi connectivity index (χ0v) is 12.5. The smallest absolute Gasteiger partial charge is 0.0701 e. The van der Waals surface area contributed by atoms with Crippen LogP contribution in [0.1, 0.15) is 26.7 Å². The predicted octanol–water partition coefficient (Wildman–Crippen LogP) is 5.29. The average molecular weight is 358 g/mol. The van der Waals surface area contributed by atoms with E-state index in [0.29, 0.717) is 10.7 Å². The Kier molecular flexibility index (Phi) is 2.94. The van der Waals surface area contributed by atoms with Crippen molar-refractivity contribution in [3.8, 4) is 0 Å². The van der Waals surface area contributed by atoms with Crippen molar-refractivity contribution < 1.29 is 0 Å². The van der Waals surface area contributed by atoms with Gasteiger partial charge in [-0.15, -0.1) is 11.3 Å². The van der Waals surface area contributed by atoms with Crippen LogP contribution in [0.25, 0.3) is 0 Å². The molecular weight excluding hydrogens is 348 g/mol. The van der Waals surface area contributed by atoms with Crippen molar-refractivity contribution in [2.24, 2.45) is 0 Å².